The fourth-order valence-electron chi connectivity index (χ4n) is 7.23. The minimum Gasteiger partial charge on any atom is -0.339 e. The number of aryl methyl sites for hydroxylation is 3. The zero-order valence-corrected chi connectivity index (χ0v) is 32.6. The van der Waals surface area contributed by atoms with Gasteiger partial charge in [0, 0.05) is 74.5 Å². The Hall–Kier alpha value is -7.85. The maximum absolute atomic E-state index is 11.5. The molecule has 3 heterocycles. The van der Waals surface area contributed by atoms with Crippen molar-refractivity contribution in [1.29, 1.82) is 0 Å². The number of hydrogen-bond donors (Lipinski definition) is 5. The second kappa shape index (κ2) is 16.3. The molecular formula is C49H41N9O. The maximum atomic E-state index is 11.5. The molecule has 0 saturated heterocycles. The highest BCUT2D eigenvalue weighted by Gasteiger charge is 2.16. The Labute approximate surface area is 341 Å². The fourth-order valence-corrected chi connectivity index (χ4v) is 7.23. The summed E-state index contributed by atoms with van der Waals surface area (Å²) < 4.78 is 0. The van der Waals surface area contributed by atoms with Crippen molar-refractivity contribution in [3.05, 3.63) is 175 Å². The standard InChI is InChI=1S/C25H20N4.C24H21N5O/c1-17-16-26-25(28-23-15-7-11-19-9-3-5-13-21(19)23)29-24(17)27-22-14-6-10-18-8-2-4-12-20(18)22;1-15-14-25-24(26-18-10-11-20-17(13-18)9-12-22(30)27-20)29-23(15)28-21-8-4-6-16-5-2-3-7-19(16)21/h2-16H,1H3,(H2,26,27,28,29);2-8,10-11,13-14H,9,12H2,1H3,(H,27,30)(H2,25,26,28,29). The van der Waals surface area contributed by atoms with Crippen molar-refractivity contribution in [2.45, 2.75) is 26.7 Å². The lowest BCUT2D eigenvalue weighted by molar-refractivity contribution is -0.116. The minimum absolute atomic E-state index is 0.0641. The van der Waals surface area contributed by atoms with Crippen LogP contribution in [0.3, 0.4) is 0 Å². The Balaban J connectivity index is 0.000000152. The molecule has 1 aliphatic rings. The van der Waals surface area contributed by atoms with Crippen molar-refractivity contribution in [3.8, 4) is 0 Å². The SMILES string of the molecule is Cc1cnc(Nc2ccc3c(c2)CCC(=O)N3)nc1Nc1cccc2ccccc12.Cc1cnc(Nc2cccc3ccccc23)nc1Nc1cccc2ccccc12. The number of hydrogen-bond acceptors (Lipinski definition) is 9. The number of fused-ring (bicyclic) bond motifs is 4. The van der Waals surface area contributed by atoms with E-state index in [9.17, 15) is 4.79 Å². The van der Waals surface area contributed by atoms with Crippen LogP contribution in [0.25, 0.3) is 32.3 Å². The topological polar surface area (TPSA) is 129 Å². The molecule has 0 aliphatic carbocycles. The molecule has 0 spiro atoms. The van der Waals surface area contributed by atoms with Gasteiger partial charge in [0.15, 0.2) is 0 Å². The quantitative estimate of drug-likeness (QED) is 0.102. The highest BCUT2D eigenvalue weighted by atomic mass is 16.1. The van der Waals surface area contributed by atoms with Crippen molar-refractivity contribution in [2.75, 3.05) is 26.6 Å². The van der Waals surface area contributed by atoms with Gasteiger partial charge in [0.05, 0.1) is 0 Å². The van der Waals surface area contributed by atoms with Gasteiger partial charge in [-0.25, -0.2) is 9.97 Å². The molecule has 288 valence electrons. The van der Waals surface area contributed by atoms with Crippen molar-refractivity contribution in [2.24, 2.45) is 0 Å². The Morgan fingerprint density at radius 1 is 0.492 bits per heavy atom. The predicted octanol–water partition coefficient (Wildman–Crippen LogP) is 11.9. The highest BCUT2D eigenvalue weighted by molar-refractivity contribution is 5.97. The summed E-state index contributed by atoms with van der Waals surface area (Å²) in [5.74, 6) is 2.69. The normalized spacial score (nSPS) is 11.9. The molecule has 0 saturated carbocycles. The number of nitrogens with one attached hydrogen (secondary N) is 5. The van der Waals surface area contributed by atoms with E-state index in [0.717, 1.165) is 79.3 Å². The third-order valence-corrected chi connectivity index (χ3v) is 10.3. The molecule has 59 heavy (non-hydrogen) atoms. The van der Waals surface area contributed by atoms with Crippen molar-refractivity contribution in [3.63, 3.8) is 0 Å². The smallest absolute Gasteiger partial charge is 0.229 e. The molecular weight excluding hydrogens is 731 g/mol. The second-order valence-electron chi connectivity index (χ2n) is 14.5. The lowest BCUT2D eigenvalue weighted by atomic mass is 10.0. The molecule has 1 amide bonds. The predicted molar refractivity (Wildman–Crippen MR) is 242 cm³/mol. The third-order valence-electron chi connectivity index (χ3n) is 10.3. The van der Waals surface area contributed by atoms with E-state index in [1.54, 1.807) is 6.20 Å². The number of aromatic nitrogens is 4. The van der Waals surface area contributed by atoms with Crippen molar-refractivity contribution in [1.82, 2.24) is 19.9 Å². The monoisotopic (exact) mass is 771 g/mol. The van der Waals surface area contributed by atoms with Gasteiger partial charge in [0.25, 0.3) is 0 Å². The number of amides is 1. The minimum atomic E-state index is 0.0641. The van der Waals surface area contributed by atoms with Gasteiger partial charge in [-0.15, -0.1) is 0 Å². The molecule has 5 N–H and O–H groups in total. The fraction of sp³-hybridized carbons (Fsp3) is 0.0816. The lowest BCUT2D eigenvalue weighted by Crippen LogP contribution is -2.18. The van der Waals surface area contributed by atoms with E-state index >= 15 is 0 Å². The largest absolute Gasteiger partial charge is 0.339 e. The molecule has 0 unspecified atom stereocenters. The van der Waals surface area contributed by atoms with E-state index in [-0.39, 0.29) is 5.91 Å². The average Bonchev–Trinajstić information content (AvgIpc) is 3.27. The molecule has 2 aromatic heterocycles. The summed E-state index contributed by atoms with van der Waals surface area (Å²) in [5.41, 5.74) is 7.85. The van der Waals surface area contributed by atoms with Crippen LogP contribution in [0, 0.1) is 13.8 Å². The average molecular weight is 772 g/mol. The van der Waals surface area contributed by atoms with Crippen LogP contribution in [0.5, 0.6) is 0 Å². The van der Waals surface area contributed by atoms with Gasteiger partial charge in [0.2, 0.25) is 17.8 Å². The molecule has 10 rings (SSSR count). The summed E-state index contributed by atoms with van der Waals surface area (Å²) in [6.07, 6.45) is 4.89. The molecule has 10 nitrogen and oxygen atoms in total. The zero-order chi connectivity index (χ0) is 40.1. The van der Waals surface area contributed by atoms with Crippen LogP contribution >= 0.6 is 0 Å². The Bertz CT molecular complexity index is 2990. The summed E-state index contributed by atoms with van der Waals surface area (Å²) >= 11 is 0. The van der Waals surface area contributed by atoms with Crippen LogP contribution in [0.4, 0.5) is 52.0 Å². The van der Waals surface area contributed by atoms with Gasteiger partial charge in [-0.2, -0.15) is 9.97 Å². The van der Waals surface area contributed by atoms with Crippen LogP contribution in [-0.2, 0) is 11.2 Å². The van der Waals surface area contributed by atoms with E-state index < -0.39 is 0 Å². The van der Waals surface area contributed by atoms with Crippen molar-refractivity contribution >= 4 is 90.2 Å². The Morgan fingerprint density at radius 3 is 1.47 bits per heavy atom. The van der Waals surface area contributed by atoms with Gasteiger partial charge in [-0.05, 0) is 78.4 Å². The first-order valence-corrected chi connectivity index (χ1v) is 19.5. The molecule has 0 bridgehead atoms. The third kappa shape index (κ3) is 8.19. The zero-order valence-electron chi connectivity index (χ0n) is 32.6. The summed E-state index contributed by atoms with van der Waals surface area (Å²) in [7, 11) is 0. The van der Waals surface area contributed by atoms with Gasteiger partial charge in [-0.3, -0.25) is 4.79 Å². The van der Waals surface area contributed by atoms with E-state index in [0.29, 0.717) is 18.3 Å². The highest BCUT2D eigenvalue weighted by Crippen LogP contribution is 2.31. The number of anilines is 9. The molecule has 0 atom stereocenters. The first-order chi connectivity index (χ1) is 28.9. The summed E-state index contributed by atoms with van der Waals surface area (Å²) in [4.78, 5) is 29.9. The molecule has 10 heteroatoms. The summed E-state index contributed by atoms with van der Waals surface area (Å²) in [6.45, 7) is 3.99. The van der Waals surface area contributed by atoms with Crippen molar-refractivity contribution < 1.29 is 4.79 Å². The van der Waals surface area contributed by atoms with E-state index in [2.05, 4.69) is 109 Å². The van der Waals surface area contributed by atoms with Crippen LogP contribution in [-0.4, -0.2) is 25.8 Å². The maximum Gasteiger partial charge on any atom is 0.229 e. The second-order valence-corrected chi connectivity index (χ2v) is 14.5. The van der Waals surface area contributed by atoms with E-state index in [1.165, 1.54) is 16.2 Å². The Morgan fingerprint density at radius 2 is 0.949 bits per heavy atom. The van der Waals surface area contributed by atoms with E-state index in [4.69, 9.17) is 9.97 Å². The van der Waals surface area contributed by atoms with Crippen LogP contribution < -0.4 is 26.6 Å². The first kappa shape index (κ1) is 36.8. The van der Waals surface area contributed by atoms with Crippen LogP contribution in [0.1, 0.15) is 23.1 Å². The van der Waals surface area contributed by atoms with Crippen LogP contribution in [0.2, 0.25) is 0 Å². The summed E-state index contributed by atoms with van der Waals surface area (Å²) in [6, 6.07) is 49.3. The summed E-state index contributed by atoms with van der Waals surface area (Å²) in [5, 5.41) is 23.5. The first-order valence-electron chi connectivity index (χ1n) is 19.5. The molecule has 0 fully saturated rings. The number of nitrogens with zero attached hydrogens (tertiary/aromatic N) is 4. The van der Waals surface area contributed by atoms with Crippen LogP contribution in [0.15, 0.2) is 158 Å². The molecule has 9 aromatic rings. The molecule has 0 radical (unpaired) electrons. The number of rotatable bonds is 8. The van der Waals surface area contributed by atoms with E-state index in [1.807, 2.05) is 92.8 Å². The number of carbonyl (C=O) groups excluding carboxylic acids is 1. The van der Waals surface area contributed by atoms with Gasteiger partial charge in [0.1, 0.15) is 11.6 Å². The molecule has 7 aromatic carbocycles. The van der Waals surface area contributed by atoms with Gasteiger partial charge < -0.3 is 26.6 Å². The number of benzene rings is 7. The Kier molecular flexibility index (Phi) is 10.2. The molecule has 1 aliphatic heterocycles. The van der Waals surface area contributed by atoms with Gasteiger partial charge >= 0.3 is 0 Å². The number of carbonyl (C=O) groups is 1. The van der Waals surface area contributed by atoms with Gasteiger partial charge in [-0.1, -0.05) is 109 Å². The lowest BCUT2D eigenvalue weighted by Gasteiger charge is -2.18.